The molecule has 0 aliphatic heterocycles. The average Bonchev–Trinajstić information content (AvgIpc) is 2.13. The van der Waals surface area contributed by atoms with Gasteiger partial charge in [0, 0.05) is 5.25 Å². The fraction of sp³-hybridized carbons (Fsp3) is 0.500. The molecule has 0 amide bonds. The van der Waals surface area contributed by atoms with Crippen LogP contribution in [0, 0.1) is 6.92 Å². The Bertz CT molecular complexity index is 201. The molecule has 0 aliphatic rings. The summed E-state index contributed by atoms with van der Waals surface area (Å²) in [5, 5.41) is 2.91. The first-order valence-corrected chi connectivity index (χ1v) is 5.16. The van der Waals surface area contributed by atoms with Crippen molar-refractivity contribution in [1.82, 2.24) is 0 Å². The van der Waals surface area contributed by atoms with Gasteiger partial charge in [-0.15, -0.1) is 23.1 Å². The zero-order valence-corrected chi connectivity index (χ0v) is 8.18. The zero-order valence-electron chi connectivity index (χ0n) is 6.55. The third-order valence-electron chi connectivity index (χ3n) is 1.06. The quantitative estimate of drug-likeness (QED) is 0.615. The van der Waals surface area contributed by atoms with Gasteiger partial charge in [0.05, 0.1) is 4.21 Å². The predicted molar refractivity (Wildman–Crippen MR) is 50.0 cm³/mol. The Labute approximate surface area is 70.7 Å². The number of aryl methyl sites for hydroxylation is 1. The van der Waals surface area contributed by atoms with Crippen LogP contribution in [0.25, 0.3) is 0 Å². The molecular formula is C8H12S2. The van der Waals surface area contributed by atoms with E-state index in [2.05, 4.69) is 32.2 Å². The van der Waals surface area contributed by atoms with Gasteiger partial charge in [0.1, 0.15) is 0 Å². The first kappa shape index (κ1) is 8.15. The van der Waals surface area contributed by atoms with Crippen molar-refractivity contribution < 1.29 is 0 Å². The molecule has 0 spiro atoms. The Balaban J connectivity index is 2.58. The molecule has 0 radical (unpaired) electrons. The van der Waals surface area contributed by atoms with E-state index in [-0.39, 0.29) is 0 Å². The number of rotatable bonds is 2. The van der Waals surface area contributed by atoms with Gasteiger partial charge in [0.25, 0.3) is 0 Å². The molecule has 0 aromatic carbocycles. The lowest BCUT2D eigenvalue weighted by Crippen LogP contribution is -1.82. The summed E-state index contributed by atoms with van der Waals surface area (Å²) in [4.78, 5) is 0. The van der Waals surface area contributed by atoms with Crippen molar-refractivity contribution in [2.24, 2.45) is 0 Å². The van der Waals surface area contributed by atoms with Gasteiger partial charge < -0.3 is 0 Å². The number of thiophene rings is 1. The van der Waals surface area contributed by atoms with Gasteiger partial charge in [-0.1, -0.05) is 13.8 Å². The van der Waals surface area contributed by atoms with Gasteiger partial charge in [0.2, 0.25) is 0 Å². The largest absolute Gasteiger partial charge is 0.137 e. The summed E-state index contributed by atoms with van der Waals surface area (Å²) in [7, 11) is 0. The first-order valence-electron chi connectivity index (χ1n) is 3.40. The van der Waals surface area contributed by atoms with Crippen LogP contribution in [0.3, 0.4) is 0 Å². The molecule has 0 saturated carbocycles. The summed E-state index contributed by atoms with van der Waals surface area (Å²) in [6.45, 7) is 6.58. The summed E-state index contributed by atoms with van der Waals surface area (Å²) in [6, 6.07) is 2.25. The molecule has 0 atom stereocenters. The molecular weight excluding hydrogens is 160 g/mol. The highest BCUT2D eigenvalue weighted by Crippen LogP contribution is 2.28. The minimum Gasteiger partial charge on any atom is -0.137 e. The second-order valence-corrected chi connectivity index (χ2v) is 5.40. The molecule has 0 saturated heterocycles. The molecule has 0 N–H and O–H groups in total. The van der Waals surface area contributed by atoms with Crippen LogP contribution in [0.1, 0.15) is 19.4 Å². The predicted octanol–water partition coefficient (Wildman–Crippen LogP) is 3.56. The summed E-state index contributed by atoms with van der Waals surface area (Å²) >= 11 is 3.78. The van der Waals surface area contributed by atoms with E-state index in [0.29, 0.717) is 5.25 Å². The summed E-state index contributed by atoms with van der Waals surface area (Å²) in [5.74, 6) is 0. The van der Waals surface area contributed by atoms with Gasteiger partial charge >= 0.3 is 0 Å². The smallest absolute Gasteiger partial charge is 0.0603 e. The highest BCUT2D eigenvalue weighted by atomic mass is 32.2. The van der Waals surface area contributed by atoms with Crippen molar-refractivity contribution in [2.45, 2.75) is 30.2 Å². The molecule has 0 bridgehead atoms. The average molecular weight is 172 g/mol. The zero-order chi connectivity index (χ0) is 7.56. The van der Waals surface area contributed by atoms with Gasteiger partial charge in [-0.05, 0) is 23.9 Å². The molecule has 0 nitrogen and oxygen atoms in total. The Kier molecular flexibility index (Phi) is 2.81. The Morgan fingerprint density at radius 1 is 1.50 bits per heavy atom. The highest BCUT2D eigenvalue weighted by Gasteiger charge is 1.99. The second-order valence-electron chi connectivity index (χ2n) is 2.61. The minimum atomic E-state index is 0.707. The van der Waals surface area contributed by atoms with Crippen molar-refractivity contribution in [3.63, 3.8) is 0 Å². The molecule has 10 heavy (non-hydrogen) atoms. The minimum absolute atomic E-state index is 0.707. The number of thioether (sulfide) groups is 1. The van der Waals surface area contributed by atoms with Crippen LogP contribution >= 0.6 is 23.1 Å². The second kappa shape index (κ2) is 3.44. The van der Waals surface area contributed by atoms with Crippen LogP contribution in [0.15, 0.2) is 15.7 Å². The first-order chi connectivity index (χ1) is 4.68. The van der Waals surface area contributed by atoms with Crippen molar-refractivity contribution in [3.8, 4) is 0 Å². The van der Waals surface area contributed by atoms with E-state index in [4.69, 9.17) is 0 Å². The third kappa shape index (κ3) is 2.35. The van der Waals surface area contributed by atoms with Crippen molar-refractivity contribution in [1.29, 1.82) is 0 Å². The maximum Gasteiger partial charge on any atom is 0.0603 e. The molecule has 0 fully saturated rings. The molecule has 1 aromatic heterocycles. The molecule has 1 heterocycles. The van der Waals surface area contributed by atoms with Crippen molar-refractivity contribution >= 4 is 23.1 Å². The lowest BCUT2D eigenvalue weighted by atomic mass is 10.4. The normalized spacial score (nSPS) is 10.8. The monoisotopic (exact) mass is 172 g/mol. The maximum absolute atomic E-state index is 2.25. The van der Waals surface area contributed by atoms with Crippen LogP contribution in [-0.2, 0) is 0 Å². The van der Waals surface area contributed by atoms with Crippen molar-refractivity contribution in [2.75, 3.05) is 0 Å². The summed E-state index contributed by atoms with van der Waals surface area (Å²) in [6.07, 6.45) is 0. The van der Waals surface area contributed by atoms with E-state index in [1.807, 2.05) is 23.1 Å². The van der Waals surface area contributed by atoms with Gasteiger partial charge in [-0.3, -0.25) is 0 Å². The van der Waals surface area contributed by atoms with Gasteiger partial charge in [-0.25, -0.2) is 0 Å². The molecule has 1 aromatic rings. The Hall–Kier alpha value is 0.0500. The van der Waals surface area contributed by atoms with E-state index in [9.17, 15) is 0 Å². The molecule has 0 aliphatic carbocycles. The Morgan fingerprint density at radius 3 is 2.60 bits per heavy atom. The van der Waals surface area contributed by atoms with Crippen LogP contribution in [0.4, 0.5) is 0 Å². The number of hydrogen-bond donors (Lipinski definition) is 0. The van der Waals surface area contributed by atoms with Gasteiger partial charge in [-0.2, -0.15) is 0 Å². The standard InChI is InChI=1S/C8H12S2/c1-6(2)10-8-4-7(3)5-9-8/h4-6H,1-3H3. The van der Waals surface area contributed by atoms with Gasteiger partial charge in [0.15, 0.2) is 0 Å². The van der Waals surface area contributed by atoms with Crippen molar-refractivity contribution in [3.05, 3.63) is 17.0 Å². The van der Waals surface area contributed by atoms with Crippen LogP contribution in [0.5, 0.6) is 0 Å². The molecule has 2 heteroatoms. The maximum atomic E-state index is 2.25. The summed E-state index contributed by atoms with van der Waals surface area (Å²) < 4.78 is 1.44. The Morgan fingerprint density at radius 2 is 2.20 bits per heavy atom. The van der Waals surface area contributed by atoms with Crippen LogP contribution in [0.2, 0.25) is 0 Å². The summed E-state index contributed by atoms with van der Waals surface area (Å²) in [5.41, 5.74) is 1.38. The topological polar surface area (TPSA) is 0 Å². The van der Waals surface area contributed by atoms with E-state index >= 15 is 0 Å². The highest BCUT2D eigenvalue weighted by molar-refractivity contribution is 8.01. The fourth-order valence-electron chi connectivity index (χ4n) is 0.699. The van der Waals surface area contributed by atoms with E-state index in [1.54, 1.807) is 0 Å². The molecule has 56 valence electrons. The van der Waals surface area contributed by atoms with Crippen LogP contribution in [-0.4, -0.2) is 5.25 Å². The SMILES string of the molecule is Cc1csc(SC(C)C)c1. The van der Waals surface area contributed by atoms with Crippen LogP contribution < -0.4 is 0 Å². The fourth-order valence-corrected chi connectivity index (χ4v) is 2.99. The van der Waals surface area contributed by atoms with E-state index < -0.39 is 0 Å². The number of hydrogen-bond acceptors (Lipinski definition) is 2. The lowest BCUT2D eigenvalue weighted by Gasteiger charge is -1.98. The third-order valence-corrected chi connectivity index (χ3v) is 3.30. The molecule has 1 rings (SSSR count). The lowest BCUT2D eigenvalue weighted by molar-refractivity contribution is 1.11. The van der Waals surface area contributed by atoms with E-state index in [1.165, 1.54) is 9.77 Å². The van der Waals surface area contributed by atoms with E-state index in [0.717, 1.165) is 0 Å². The molecule has 0 unspecified atom stereocenters.